The number of ether oxygens (including phenoxy) is 2. The van der Waals surface area contributed by atoms with Crippen molar-refractivity contribution in [2.75, 3.05) is 31.3 Å². The molecule has 0 saturated carbocycles. The standard InChI is InChI=1S/C21H25N5O3.Tl/c1-14-13-28-11-9-25(14)18-12-17(27)15-5-7-22-21(20(15)24-18)16-6-8-23-26(16)19-4-2-3-10-29-19;/h5-8,12,14,19H,2-4,9-11,13H2,1H3,(H,24,27);/q;+1/p-1/t14-,19?;/m1./s1. The van der Waals surface area contributed by atoms with Gasteiger partial charge >= 0.3 is 192 Å². The molecule has 2 aliphatic rings. The van der Waals surface area contributed by atoms with E-state index in [1.165, 1.54) is 0 Å². The van der Waals surface area contributed by atoms with Crippen LogP contribution in [0, 0.1) is 0 Å². The molecule has 3 aromatic rings. The Balaban J connectivity index is 1.65. The van der Waals surface area contributed by atoms with Gasteiger partial charge in [-0.2, -0.15) is 0 Å². The molecule has 2 atom stereocenters. The van der Waals surface area contributed by atoms with Gasteiger partial charge in [0.15, 0.2) is 0 Å². The van der Waals surface area contributed by atoms with E-state index < -0.39 is 0 Å². The third kappa shape index (κ3) is 3.69. The van der Waals surface area contributed by atoms with Crippen molar-refractivity contribution in [1.82, 2.24) is 19.7 Å². The van der Waals surface area contributed by atoms with E-state index in [1.807, 2.05) is 29.2 Å². The quantitative estimate of drug-likeness (QED) is 0.428. The second kappa shape index (κ2) is 8.75. The van der Waals surface area contributed by atoms with Crippen LogP contribution in [-0.4, -0.2) is 78.4 Å². The molecule has 0 N–H and O–H groups in total. The van der Waals surface area contributed by atoms with Crippen LogP contribution in [0.1, 0.15) is 32.4 Å². The summed E-state index contributed by atoms with van der Waals surface area (Å²) in [4.78, 5) is 12.1. The van der Waals surface area contributed by atoms with Crippen LogP contribution in [0.2, 0.25) is 0 Å². The number of aromatic nitrogens is 4. The summed E-state index contributed by atoms with van der Waals surface area (Å²) in [5, 5.41) is 5.54. The van der Waals surface area contributed by atoms with Gasteiger partial charge < -0.3 is 0 Å². The van der Waals surface area contributed by atoms with E-state index in [0.717, 1.165) is 66.3 Å². The molecular weight excluding hydrogens is 575 g/mol. The molecule has 0 aliphatic carbocycles. The van der Waals surface area contributed by atoms with Gasteiger partial charge in [0.25, 0.3) is 0 Å². The number of fused-ring (bicyclic) bond motifs is 1. The molecule has 30 heavy (non-hydrogen) atoms. The Bertz CT molecular complexity index is 1040. The maximum atomic E-state index is 5.99. The fourth-order valence-electron chi connectivity index (χ4n) is 4.26. The first kappa shape index (κ1) is 20.1. The summed E-state index contributed by atoms with van der Waals surface area (Å²) in [6.07, 6.45) is 6.78. The fourth-order valence-corrected chi connectivity index (χ4v) is 5.01. The van der Waals surface area contributed by atoms with Crippen LogP contribution in [0.4, 0.5) is 5.82 Å². The average Bonchev–Trinajstić information content (AvgIpc) is 3.28. The van der Waals surface area contributed by atoms with Crippen LogP contribution in [-0.2, 0) is 9.47 Å². The van der Waals surface area contributed by atoms with Gasteiger partial charge in [-0.25, -0.2) is 0 Å². The van der Waals surface area contributed by atoms with Crippen LogP contribution in [0.5, 0.6) is 5.75 Å². The van der Waals surface area contributed by atoms with Gasteiger partial charge in [0.2, 0.25) is 0 Å². The van der Waals surface area contributed by atoms with Gasteiger partial charge in [-0.15, -0.1) is 0 Å². The molecule has 2 aliphatic heterocycles. The first-order valence-corrected chi connectivity index (χ1v) is 12.3. The van der Waals surface area contributed by atoms with Crippen molar-refractivity contribution in [2.45, 2.75) is 38.5 Å². The first-order valence-electron chi connectivity index (χ1n) is 10.4. The summed E-state index contributed by atoms with van der Waals surface area (Å²) in [5.74, 6) is 1.77. The third-order valence-electron chi connectivity index (χ3n) is 5.81. The summed E-state index contributed by atoms with van der Waals surface area (Å²) >= 11 is 0.383. The minimum absolute atomic E-state index is 0.0564. The molecule has 2 fully saturated rings. The monoisotopic (exact) mass is 599 g/mol. The third-order valence-corrected chi connectivity index (χ3v) is 6.79. The molecule has 0 bridgehead atoms. The van der Waals surface area contributed by atoms with Crippen molar-refractivity contribution < 1.29 is 12.2 Å². The molecule has 154 valence electrons. The number of hydrogen-bond acceptors (Lipinski definition) is 7. The zero-order chi connectivity index (χ0) is 20.5. The molecule has 9 heteroatoms. The van der Waals surface area contributed by atoms with Gasteiger partial charge in [0.1, 0.15) is 0 Å². The zero-order valence-corrected chi connectivity index (χ0v) is 21.5. The molecular formula is C21H24N5O3Tl. The number of hydrogen-bond donors (Lipinski definition) is 0. The molecule has 0 spiro atoms. The Morgan fingerprint density at radius 3 is 2.93 bits per heavy atom. The summed E-state index contributed by atoms with van der Waals surface area (Å²) in [5.41, 5.74) is 2.57. The molecule has 8 nitrogen and oxygen atoms in total. The number of anilines is 1. The van der Waals surface area contributed by atoms with Crippen molar-refractivity contribution in [2.24, 2.45) is 0 Å². The topological polar surface area (TPSA) is 74.5 Å². The van der Waals surface area contributed by atoms with E-state index in [1.54, 1.807) is 0 Å². The van der Waals surface area contributed by atoms with Crippen molar-refractivity contribution in [3.63, 3.8) is 0 Å². The number of rotatable bonds is 4. The van der Waals surface area contributed by atoms with Crippen molar-refractivity contribution in [3.05, 3.63) is 30.6 Å². The fraction of sp³-hybridized carbons (Fsp3) is 0.476. The van der Waals surface area contributed by atoms with Gasteiger partial charge in [-0.05, 0) is 0 Å². The molecule has 3 aromatic heterocycles. The number of nitrogens with zero attached hydrogens (tertiary/aromatic N) is 5. The number of pyridine rings is 2. The predicted molar refractivity (Wildman–Crippen MR) is 114 cm³/mol. The SMILES string of the molecule is C[C@@H]1COCCN1c1cc([O][Tl])c2ccnc(-c3ccnn3C3CCCCO3)c2n1. The van der Waals surface area contributed by atoms with E-state index in [0.29, 0.717) is 39.4 Å². The molecule has 5 heterocycles. The van der Waals surface area contributed by atoms with E-state index in [4.69, 9.17) is 22.1 Å². The number of morpholine rings is 1. The maximum absolute atomic E-state index is 5.99. The van der Waals surface area contributed by atoms with E-state index in [9.17, 15) is 0 Å². The Morgan fingerprint density at radius 2 is 2.13 bits per heavy atom. The van der Waals surface area contributed by atoms with Gasteiger partial charge in [-0.1, -0.05) is 0 Å². The molecule has 0 radical (unpaired) electrons. The predicted octanol–water partition coefficient (Wildman–Crippen LogP) is 2.88. The Kier molecular flexibility index (Phi) is 5.88. The van der Waals surface area contributed by atoms with E-state index in [2.05, 4.69) is 23.0 Å². The molecule has 2 saturated heterocycles. The molecule has 1 unspecified atom stereocenters. The Morgan fingerprint density at radius 1 is 1.20 bits per heavy atom. The molecule has 0 amide bonds. The normalized spacial score (nSPS) is 22.3. The summed E-state index contributed by atoms with van der Waals surface area (Å²) < 4.78 is 19.5. The van der Waals surface area contributed by atoms with Gasteiger partial charge in [-0.3, -0.25) is 0 Å². The van der Waals surface area contributed by atoms with Crippen LogP contribution in [0.15, 0.2) is 30.6 Å². The van der Waals surface area contributed by atoms with Gasteiger partial charge in [0, 0.05) is 0 Å². The van der Waals surface area contributed by atoms with Crippen molar-refractivity contribution in [1.29, 1.82) is 0 Å². The van der Waals surface area contributed by atoms with Crippen LogP contribution < -0.4 is 7.59 Å². The second-order valence-electron chi connectivity index (χ2n) is 7.75. The first-order chi connectivity index (χ1) is 14.8. The average molecular weight is 599 g/mol. The summed E-state index contributed by atoms with van der Waals surface area (Å²) in [6.45, 7) is 5.14. The summed E-state index contributed by atoms with van der Waals surface area (Å²) in [6, 6.07) is 6.28. The van der Waals surface area contributed by atoms with E-state index in [-0.39, 0.29) is 12.3 Å². The van der Waals surface area contributed by atoms with Crippen LogP contribution in [0.25, 0.3) is 22.3 Å². The molecule has 5 rings (SSSR count). The molecule has 0 aromatic carbocycles. The van der Waals surface area contributed by atoms with Crippen LogP contribution >= 0.6 is 0 Å². The van der Waals surface area contributed by atoms with Crippen molar-refractivity contribution >= 4 is 42.9 Å². The van der Waals surface area contributed by atoms with E-state index >= 15 is 0 Å². The Hall–Kier alpha value is -1.79. The second-order valence-corrected chi connectivity index (χ2v) is 8.67. The summed E-state index contributed by atoms with van der Waals surface area (Å²) in [7, 11) is 0. The van der Waals surface area contributed by atoms with Gasteiger partial charge in [0.05, 0.1) is 0 Å². The van der Waals surface area contributed by atoms with Crippen LogP contribution in [0.3, 0.4) is 0 Å². The van der Waals surface area contributed by atoms with Crippen molar-refractivity contribution in [3.8, 4) is 17.1 Å². The zero-order valence-electron chi connectivity index (χ0n) is 17.0. The minimum atomic E-state index is -0.0564. The Labute approximate surface area is 191 Å².